The Morgan fingerprint density at radius 1 is 0.964 bits per heavy atom. The van der Waals surface area contributed by atoms with E-state index in [4.69, 9.17) is 9.47 Å². The highest BCUT2D eigenvalue weighted by atomic mass is 32.2. The van der Waals surface area contributed by atoms with Crippen LogP contribution >= 0.6 is 0 Å². The number of hydrogen-bond acceptors (Lipinski definition) is 6. The first-order valence-electron chi connectivity index (χ1n) is 8.39. The molecule has 0 bridgehead atoms. The first kappa shape index (κ1) is 18.0. The summed E-state index contributed by atoms with van der Waals surface area (Å²) < 4.78 is 36.7. The molecule has 0 saturated heterocycles. The zero-order chi connectivity index (χ0) is 19.7. The minimum absolute atomic E-state index is 0.0783. The number of nitrogens with zero attached hydrogens (tertiary/aromatic N) is 1. The molecule has 0 N–H and O–H groups in total. The van der Waals surface area contributed by atoms with Gasteiger partial charge in [0.15, 0.2) is 9.84 Å². The van der Waals surface area contributed by atoms with Crippen LogP contribution in [0.15, 0.2) is 78.1 Å². The summed E-state index contributed by atoms with van der Waals surface area (Å²) in [5.74, 6) is -0.509. The van der Waals surface area contributed by atoms with Crippen LogP contribution < -0.4 is 0 Å². The van der Waals surface area contributed by atoms with Gasteiger partial charge in [-0.3, -0.25) is 10.1 Å². The van der Waals surface area contributed by atoms with E-state index in [0.29, 0.717) is 10.9 Å². The molecule has 0 unspecified atom stereocenters. The van der Waals surface area contributed by atoms with Crippen LogP contribution in [0.1, 0.15) is 17.4 Å². The van der Waals surface area contributed by atoms with Crippen molar-refractivity contribution in [3.8, 4) is 0 Å². The highest BCUT2D eigenvalue weighted by Gasteiger charge is 2.26. The predicted octanol–water partition coefficient (Wildman–Crippen LogP) is 4.24. The second-order valence-electron chi connectivity index (χ2n) is 6.26. The van der Waals surface area contributed by atoms with Crippen molar-refractivity contribution in [3.05, 3.63) is 94.4 Å². The van der Waals surface area contributed by atoms with Crippen molar-refractivity contribution in [2.45, 2.75) is 16.9 Å². The summed E-state index contributed by atoms with van der Waals surface area (Å²) in [7, 11) is -3.84. The topological polar surface area (TPSA) is 95.7 Å². The van der Waals surface area contributed by atoms with Gasteiger partial charge in [-0.25, -0.2) is 8.42 Å². The molecule has 0 aliphatic carbocycles. The van der Waals surface area contributed by atoms with Gasteiger partial charge in [-0.05, 0) is 23.6 Å². The number of nitro groups is 1. The number of hydrogen-bond donors (Lipinski definition) is 0. The van der Waals surface area contributed by atoms with Crippen molar-refractivity contribution in [3.63, 3.8) is 0 Å². The molecule has 0 saturated carbocycles. The van der Waals surface area contributed by atoms with Crippen molar-refractivity contribution in [2.75, 3.05) is 0 Å². The number of sulfone groups is 1. The maximum atomic E-state index is 13.1. The van der Waals surface area contributed by atoms with Gasteiger partial charge in [-0.1, -0.05) is 36.4 Å². The predicted molar refractivity (Wildman–Crippen MR) is 102 cm³/mol. The van der Waals surface area contributed by atoms with Crippen LogP contribution in [0.25, 0.3) is 10.8 Å². The molecule has 0 fully saturated rings. The molecule has 1 aliphatic heterocycles. The van der Waals surface area contributed by atoms with Crippen LogP contribution in [0.2, 0.25) is 0 Å². The Balaban J connectivity index is 1.78. The Bertz CT molecular complexity index is 1190. The van der Waals surface area contributed by atoms with Crippen LogP contribution in [0.4, 0.5) is 5.69 Å². The highest BCUT2D eigenvalue weighted by Crippen LogP contribution is 2.32. The van der Waals surface area contributed by atoms with Gasteiger partial charge < -0.3 is 9.47 Å². The van der Waals surface area contributed by atoms with E-state index in [9.17, 15) is 18.5 Å². The van der Waals surface area contributed by atoms with Gasteiger partial charge in [-0.2, -0.15) is 0 Å². The first-order valence-corrected chi connectivity index (χ1v) is 10.0. The standard InChI is InChI=1S/C20H15NO6S/c22-21(23)18-9-8-15(20-26-10-11-27-20)12-16(18)13-28(24,25)19-7-3-5-14-4-1-2-6-17(14)19/h1-12,20H,13H2. The van der Waals surface area contributed by atoms with Gasteiger partial charge in [-0.15, -0.1) is 0 Å². The van der Waals surface area contributed by atoms with Gasteiger partial charge in [0.25, 0.3) is 12.0 Å². The van der Waals surface area contributed by atoms with E-state index < -0.39 is 26.8 Å². The molecule has 0 spiro atoms. The van der Waals surface area contributed by atoms with Crippen molar-refractivity contribution < 1.29 is 22.8 Å². The largest absolute Gasteiger partial charge is 0.455 e. The smallest absolute Gasteiger partial charge is 0.273 e. The van der Waals surface area contributed by atoms with Gasteiger partial charge in [0, 0.05) is 22.6 Å². The molecule has 4 rings (SSSR count). The van der Waals surface area contributed by atoms with E-state index in [0.717, 1.165) is 5.39 Å². The molecule has 3 aromatic rings. The number of nitro benzene ring substituents is 1. The van der Waals surface area contributed by atoms with Crippen molar-refractivity contribution >= 4 is 26.3 Å². The number of benzene rings is 3. The average Bonchev–Trinajstić information content (AvgIpc) is 3.22. The molecule has 8 heteroatoms. The lowest BCUT2D eigenvalue weighted by molar-refractivity contribution is -0.385. The minimum atomic E-state index is -3.84. The molecule has 0 amide bonds. The van der Waals surface area contributed by atoms with Crippen LogP contribution in [0, 0.1) is 10.1 Å². The Morgan fingerprint density at radius 2 is 1.68 bits per heavy atom. The Morgan fingerprint density at radius 3 is 2.43 bits per heavy atom. The maximum Gasteiger partial charge on any atom is 0.273 e. The third-order valence-corrected chi connectivity index (χ3v) is 6.18. The number of rotatable bonds is 5. The van der Waals surface area contributed by atoms with Crippen molar-refractivity contribution in [2.24, 2.45) is 0 Å². The van der Waals surface area contributed by atoms with Crippen LogP contribution in [-0.4, -0.2) is 13.3 Å². The molecule has 7 nitrogen and oxygen atoms in total. The summed E-state index contributed by atoms with van der Waals surface area (Å²) in [5.41, 5.74) is 0.312. The van der Waals surface area contributed by atoms with E-state index in [1.165, 1.54) is 36.8 Å². The maximum absolute atomic E-state index is 13.1. The lowest BCUT2D eigenvalue weighted by atomic mass is 10.1. The molecule has 3 aromatic carbocycles. The number of ether oxygens (including phenoxy) is 2. The van der Waals surface area contributed by atoms with Crippen molar-refractivity contribution in [1.82, 2.24) is 0 Å². The monoisotopic (exact) mass is 397 g/mol. The van der Waals surface area contributed by atoms with E-state index in [2.05, 4.69) is 0 Å². The average molecular weight is 397 g/mol. The zero-order valence-corrected chi connectivity index (χ0v) is 15.3. The number of fused-ring (bicyclic) bond motifs is 1. The quantitative estimate of drug-likeness (QED) is 0.472. The molecule has 142 valence electrons. The molecular weight excluding hydrogens is 382 g/mol. The van der Waals surface area contributed by atoms with Crippen LogP contribution in [-0.2, 0) is 25.1 Å². The van der Waals surface area contributed by atoms with E-state index in [-0.39, 0.29) is 16.1 Å². The molecule has 1 heterocycles. The Kier molecular flexibility index (Phi) is 4.48. The lowest BCUT2D eigenvalue weighted by Gasteiger charge is -2.13. The molecule has 1 aliphatic rings. The first-order chi connectivity index (χ1) is 13.5. The fourth-order valence-corrected chi connectivity index (χ4v) is 4.79. The Labute approximate surface area is 160 Å². The SMILES string of the molecule is O=[N+]([O-])c1ccc(C2OC=CO2)cc1CS(=O)(=O)c1cccc2ccccc12. The van der Waals surface area contributed by atoms with E-state index in [1.54, 1.807) is 18.2 Å². The van der Waals surface area contributed by atoms with E-state index in [1.807, 2.05) is 18.2 Å². The van der Waals surface area contributed by atoms with Gasteiger partial charge in [0.05, 0.1) is 15.6 Å². The second kappa shape index (κ2) is 6.97. The third-order valence-electron chi connectivity index (χ3n) is 4.46. The van der Waals surface area contributed by atoms with E-state index >= 15 is 0 Å². The minimum Gasteiger partial charge on any atom is -0.455 e. The summed E-state index contributed by atoms with van der Waals surface area (Å²) in [6.45, 7) is 0. The van der Waals surface area contributed by atoms with Crippen molar-refractivity contribution in [1.29, 1.82) is 0 Å². The molecule has 0 atom stereocenters. The normalized spacial score (nSPS) is 14.0. The van der Waals surface area contributed by atoms with Gasteiger partial charge in [0.1, 0.15) is 12.5 Å². The zero-order valence-electron chi connectivity index (χ0n) is 14.5. The molecule has 0 aromatic heterocycles. The van der Waals surface area contributed by atoms with Gasteiger partial charge >= 0.3 is 0 Å². The third kappa shape index (κ3) is 3.29. The van der Waals surface area contributed by atoms with Gasteiger partial charge in [0.2, 0.25) is 0 Å². The summed E-state index contributed by atoms with van der Waals surface area (Å²) in [4.78, 5) is 11.0. The van der Waals surface area contributed by atoms with Crippen LogP contribution in [0.3, 0.4) is 0 Å². The lowest BCUT2D eigenvalue weighted by Crippen LogP contribution is -2.09. The summed E-state index contributed by atoms with van der Waals surface area (Å²) >= 11 is 0. The fourth-order valence-electron chi connectivity index (χ4n) is 3.19. The molecule has 0 radical (unpaired) electrons. The highest BCUT2D eigenvalue weighted by molar-refractivity contribution is 7.90. The summed E-state index contributed by atoms with van der Waals surface area (Å²) in [6.07, 6.45) is 1.97. The summed E-state index contributed by atoms with van der Waals surface area (Å²) in [6, 6.07) is 16.3. The fraction of sp³-hybridized carbons (Fsp3) is 0.100. The molecular formula is C20H15NO6S. The summed E-state index contributed by atoms with van der Waals surface area (Å²) in [5, 5.41) is 12.8. The molecule has 28 heavy (non-hydrogen) atoms. The van der Waals surface area contributed by atoms with Crippen LogP contribution in [0.5, 0.6) is 0 Å². The Hall–Kier alpha value is -3.39. The second-order valence-corrected chi connectivity index (χ2v) is 8.22.